The van der Waals surface area contributed by atoms with E-state index in [1.54, 1.807) is 11.8 Å². The number of nitrogens with zero attached hydrogens (tertiary/aromatic N) is 2. The largest absolute Gasteiger partial charge is 0.326 e. The zero-order valence-corrected chi connectivity index (χ0v) is 14.9. The number of rotatable bonds is 7. The van der Waals surface area contributed by atoms with E-state index < -0.39 is 0 Å². The standard InChI is InChI=1S/C17H25N3O2S/c1-4-19(5-2)10-11-20-16(22)12-23-17(20)14-6-8-15(9-7-14)18-13(3)21/h6-9,17H,4-5,10-12H2,1-3H3,(H,18,21). The van der Waals surface area contributed by atoms with E-state index in [2.05, 4.69) is 24.1 Å². The molecular weight excluding hydrogens is 310 g/mol. The summed E-state index contributed by atoms with van der Waals surface area (Å²) in [5.74, 6) is 0.665. The highest BCUT2D eigenvalue weighted by molar-refractivity contribution is 8.00. The van der Waals surface area contributed by atoms with E-state index in [0.717, 1.165) is 37.4 Å². The van der Waals surface area contributed by atoms with Crippen LogP contribution in [0.5, 0.6) is 0 Å². The van der Waals surface area contributed by atoms with E-state index >= 15 is 0 Å². The smallest absolute Gasteiger partial charge is 0.233 e. The predicted molar refractivity (Wildman–Crippen MR) is 95.4 cm³/mol. The average molecular weight is 335 g/mol. The molecular formula is C17H25N3O2S. The van der Waals surface area contributed by atoms with Crippen molar-refractivity contribution >= 4 is 29.3 Å². The van der Waals surface area contributed by atoms with E-state index in [1.165, 1.54) is 6.92 Å². The molecule has 0 aliphatic carbocycles. The maximum absolute atomic E-state index is 12.2. The van der Waals surface area contributed by atoms with Gasteiger partial charge in [0.15, 0.2) is 0 Å². The second kappa shape index (κ2) is 8.36. The number of nitrogens with one attached hydrogen (secondary N) is 1. The van der Waals surface area contributed by atoms with Crippen LogP contribution in [-0.2, 0) is 9.59 Å². The first-order valence-electron chi connectivity index (χ1n) is 8.06. The fourth-order valence-electron chi connectivity index (χ4n) is 2.70. The molecule has 0 radical (unpaired) electrons. The fourth-order valence-corrected chi connectivity index (χ4v) is 3.91. The third kappa shape index (κ3) is 4.72. The van der Waals surface area contributed by atoms with Gasteiger partial charge in [-0.2, -0.15) is 0 Å². The molecule has 0 bridgehead atoms. The molecule has 126 valence electrons. The van der Waals surface area contributed by atoms with Crippen molar-refractivity contribution in [1.82, 2.24) is 9.80 Å². The zero-order valence-electron chi connectivity index (χ0n) is 14.0. The van der Waals surface area contributed by atoms with Gasteiger partial charge in [-0.25, -0.2) is 0 Å². The van der Waals surface area contributed by atoms with Gasteiger partial charge in [0.25, 0.3) is 0 Å². The summed E-state index contributed by atoms with van der Waals surface area (Å²) in [6, 6.07) is 7.77. The number of carbonyl (C=O) groups excluding carboxylic acids is 2. The quantitative estimate of drug-likeness (QED) is 0.832. The molecule has 5 nitrogen and oxygen atoms in total. The van der Waals surface area contributed by atoms with Crippen LogP contribution in [0.25, 0.3) is 0 Å². The number of benzene rings is 1. The molecule has 2 amide bonds. The van der Waals surface area contributed by atoms with Gasteiger partial charge in [-0.05, 0) is 30.8 Å². The Balaban J connectivity index is 2.04. The second-order valence-electron chi connectivity index (χ2n) is 5.58. The third-order valence-electron chi connectivity index (χ3n) is 4.04. The molecule has 0 aromatic heterocycles. The Morgan fingerprint density at radius 3 is 2.52 bits per heavy atom. The highest BCUT2D eigenvalue weighted by atomic mass is 32.2. The topological polar surface area (TPSA) is 52.6 Å². The van der Waals surface area contributed by atoms with E-state index in [9.17, 15) is 9.59 Å². The summed E-state index contributed by atoms with van der Waals surface area (Å²) in [6.45, 7) is 9.44. The van der Waals surface area contributed by atoms with Gasteiger partial charge < -0.3 is 15.1 Å². The van der Waals surface area contributed by atoms with E-state index in [4.69, 9.17) is 0 Å². The molecule has 1 fully saturated rings. The lowest BCUT2D eigenvalue weighted by atomic mass is 10.2. The van der Waals surface area contributed by atoms with Gasteiger partial charge in [0.2, 0.25) is 11.8 Å². The molecule has 1 aromatic rings. The molecule has 23 heavy (non-hydrogen) atoms. The van der Waals surface area contributed by atoms with Crippen LogP contribution in [0, 0.1) is 0 Å². The summed E-state index contributed by atoms with van der Waals surface area (Å²) in [5, 5.41) is 2.84. The Kier molecular flexibility index (Phi) is 6.47. The van der Waals surface area contributed by atoms with Gasteiger partial charge >= 0.3 is 0 Å². The Morgan fingerprint density at radius 2 is 1.96 bits per heavy atom. The second-order valence-corrected chi connectivity index (χ2v) is 6.65. The van der Waals surface area contributed by atoms with Crippen molar-refractivity contribution in [3.8, 4) is 0 Å². The summed E-state index contributed by atoms with van der Waals surface area (Å²) in [5.41, 5.74) is 1.89. The first-order chi connectivity index (χ1) is 11.0. The van der Waals surface area contributed by atoms with Crippen molar-refractivity contribution in [1.29, 1.82) is 0 Å². The number of hydrogen-bond acceptors (Lipinski definition) is 4. The van der Waals surface area contributed by atoms with Crippen LogP contribution in [0.3, 0.4) is 0 Å². The molecule has 1 unspecified atom stereocenters. The van der Waals surface area contributed by atoms with Crippen molar-refractivity contribution in [2.45, 2.75) is 26.1 Å². The molecule has 0 saturated carbocycles. The van der Waals surface area contributed by atoms with Gasteiger partial charge in [-0.1, -0.05) is 26.0 Å². The van der Waals surface area contributed by atoms with Gasteiger partial charge in [0.1, 0.15) is 5.37 Å². The number of amides is 2. The Morgan fingerprint density at radius 1 is 1.30 bits per heavy atom. The van der Waals surface area contributed by atoms with Crippen molar-refractivity contribution in [3.63, 3.8) is 0 Å². The highest BCUT2D eigenvalue weighted by Crippen LogP contribution is 2.38. The lowest BCUT2D eigenvalue weighted by Gasteiger charge is -2.27. The molecule has 6 heteroatoms. The molecule has 1 N–H and O–H groups in total. The van der Waals surface area contributed by atoms with Crippen LogP contribution in [0.2, 0.25) is 0 Å². The summed E-state index contributed by atoms with van der Waals surface area (Å²) in [6.07, 6.45) is 0. The van der Waals surface area contributed by atoms with Crippen LogP contribution in [-0.4, -0.2) is 53.5 Å². The number of thioether (sulfide) groups is 1. The van der Waals surface area contributed by atoms with Crippen molar-refractivity contribution in [2.24, 2.45) is 0 Å². The monoisotopic (exact) mass is 335 g/mol. The third-order valence-corrected chi connectivity index (χ3v) is 5.29. The summed E-state index contributed by atoms with van der Waals surface area (Å²) < 4.78 is 0. The lowest BCUT2D eigenvalue weighted by molar-refractivity contribution is -0.128. The van der Waals surface area contributed by atoms with E-state index in [-0.39, 0.29) is 17.2 Å². The SMILES string of the molecule is CCN(CC)CCN1C(=O)CSC1c1ccc(NC(C)=O)cc1. The Labute approximate surface area is 142 Å². The molecule has 1 saturated heterocycles. The van der Waals surface area contributed by atoms with Crippen LogP contribution >= 0.6 is 11.8 Å². The van der Waals surface area contributed by atoms with Crippen LogP contribution in [0.15, 0.2) is 24.3 Å². The summed E-state index contributed by atoms with van der Waals surface area (Å²) in [7, 11) is 0. The van der Waals surface area contributed by atoms with E-state index in [0.29, 0.717) is 5.75 Å². The summed E-state index contributed by atoms with van der Waals surface area (Å²) >= 11 is 1.67. The Hall–Kier alpha value is -1.53. The minimum atomic E-state index is -0.0796. The molecule has 1 aliphatic rings. The molecule has 2 rings (SSSR count). The van der Waals surface area contributed by atoms with Crippen molar-refractivity contribution in [2.75, 3.05) is 37.2 Å². The molecule has 1 atom stereocenters. The van der Waals surface area contributed by atoms with Gasteiger partial charge in [0.05, 0.1) is 5.75 Å². The minimum Gasteiger partial charge on any atom is -0.326 e. The van der Waals surface area contributed by atoms with Crippen LogP contribution in [0.1, 0.15) is 31.7 Å². The molecule has 0 spiro atoms. The van der Waals surface area contributed by atoms with Crippen molar-refractivity contribution < 1.29 is 9.59 Å². The van der Waals surface area contributed by atoms with Gasteiger partial charge in [0, 0.05) is 25.7 Å². The first-order valence-corrected chi connectivity index (χ1v) is 9.11. The predicted octanol–water partition coefficient (Wildman–Crippen LogP) is 2.56. The molecule has 1 heterocycles. The number of carbonyl (C=O) groups is 2. The maximum atomic E-state index is 12.2. The van der Waals surface area contributed by atoms with Gasteiger partial charge in [-0.15, -0.1) is 11.8 Å². The molecule has 1 aromatic carbocycles. The normalized spacial score (nSPS) is 17.8. The number of hydrogen-bond donors (Lipinski definition) is 1. The fraction of sp³-hybridized carbons (Fsp3) is 0.529. The minimum absolute atomic E-state index is 0.0736. The molecule has 1 aliphatic heterocycles. The van der Waals surface area contributed by atoms with Gasteiger partial charge in [-0.3, -0.25) is 9.59 Å². The van der Waals surface area contributed by atoms with Crippen molar-refractivity contribution in [3.05, 3.63) is 29.8 Å². The highest BCUT2D eigenvalue weighted by Gasteiger charge is 2.32. The van der Waals surface area contributed by atoms with E-state index in [1.807, 2.05) is 29.2 Å². The number of likely N-dealkylation sites (N-methyl/N-ethyl adjacent to an activating group) is 1. The maximum Gasteiger partial charge on any atom is 0.233 e. The average Bonchev–Trinajstić information content (AvgIpc) is 2.90. The van der Waals surface area contributed by atoms with Crippen LogP contribution in [0.4, 0.5) is 5.69 Å². The lowest BCUT2D eigenvalue weighted by Crippen LogP contribution is -2.37. The first kappa shape index (κ1) is 17.8. The summed E-state index contributed by atoms with van der Waals surface area (Å²) in [4.78, 5) is 27.6. The number of anilines is 1. The Bertz CT molecular complexity index is 543. The zero-order chi connectivity index (χ0) is 16.8. The van der Waals surface area contributed by atoms with Crippen LogP contribution < -0.4 is 5.32 Å².